The molecule has 3 heteroatoms. The van der Waals surface area contributed by atoms with Crippen LogP contribution < -0.4 is 5.32 Å². The molecule has 1 aliphatic carbocycles. The Labute approximate surface area is 108 Å². The van der Waals surface area contributed by atoms with Crippen molar-refractivity contribution < 1.29 is 4.74 Å². The topological polar surface area (TPSA) is 21.3 Å². The Morgan fingerprint density at radius 1 is 1.41 bits per heavy atom. The molecule has 0 atom stereocenters. The molecule has 94 valence electrons. The first-order chi connectivity index (χ1) is 8.15. The van der Waals surface area contributed by atoms with Crippen LogP contribution in [0.5, 0.6) is 0 Å². The van der Waals surface area contributed by atoms with Crippen LogP contribution in [0.15, 0.2) is 18.2 Å². The number of hydrogen-bond donors (Lipinski definition) is 1. The van der Waals surface area contributed by atoms with Gasteiger partial charge in [-0.25, -0.2) is 0 Å². The third-order valence-corrected chi connectivity index (χ3v) is 4.12. The largest absolute Gasteiger partial charge is 0.377 e. The zero-order chi connectivity index (χ0) is 12.3. The molecule has 0 radical (unpaired) electrons. The second kappa shape index (κ2) is 5.38. The van der Waals surface area contributed by atoms with Crippen LogP contribution in [-0.4, -0.2) is 19.3 Å². The zero-order valence-electron chi connectivity index (χ0n) is 10.6. The fourth-order valence-corrected chi connectivity index (χ4v) is 2.41. The molecule has 0 heterocycles. The lowest BCUT2D eigenvalue weighted by atomic mass is 9.80. The van der Waals surface area contributed by atoms with Crippen LogP contribution in [-0.2, 0) is 11.3 Å². The third-order valence-electron chi connectivity index (χ3n) is 3.71. The smallest absolute Gasteiger partial charge is 0.0802 e. The maximum atomic E-state index is 6.10. The summed E-state index contributed by atoms with van der Waals surface area (Å²) in [5, 5.41) is 4.30. The molecule has 1 saturated carbocycles. The molecule has 0 unspecified atom stereocenters. The number of hydrogen-bond acceptors (Lipinski definition) is 2. The first-order valence-electron chi connectivity index (χ1n) is 6.16. The summed E-state index contributed by atoms with van der Waals surface area (Å²) in [6.07, 6.45) is 3.63. The maximum Gasteiger partial charge on any atom is 0.0802 e. The lowest BCUT2D eigenvalue weighted by Crippen LogP contribution is -2.47. The Bertz CT molecular complexity index is 382. The standard InChI is InChI=1S/C14H20ClNO/c1-11-4-5-12(8-13(11)15)9-16-10-14(17-2)6-3-7-14/h4-5,8,16H,3,6-7,9-10H2,1-2H3. The van der Waals surface area contributed by atoms with Crippen LogP contribution in [0.2, 0.25) is 5.02 Å². The average Bonchev–Trinajstić information content (AvgIpc) is 2.27. The summed E-state index contributed by atoms with van der Waals surface area (Å²) in [6, 6.07) is 6.22. The van der Waals surface area contributed by atoms with Gasteiger partial charge in [-0.15, -0.1) is 0 Å². The van der Waals surface area contributed by atoms with Gasteiger partial charge in [0.1, 0.15) is 0 Å². The molecule has 0 saturated heterocycles. The molecule has 0 amide bonds. The molecule has 2 rings (SSSR count). The van der Waals surface area contributed by atoms with Crippen LogP contribution in [0.3, 0.4) is 0 Å². The van der Waals surface area contributed by atoms with Gasteiger partial charge >= 0.3 is 0 Å². The van der Waals surface area contributed by atoms with Crippen molar-refractivity contribution in [2.75, 3.05) is 13.7 Å². The van der Waals surface area contributed by atoms with Crippen molar-refractivity contribution in [2.24, 2.45) is 0 Å². The van der Waals surface area contributed by atoms with E-state index in [1.54, 1.807) is 0 Å². The molecule has 0 aliphatic heterocycles. The molecule has 0 aromatic heterocycles. The van der Waals surface area contributed by atoms with Crippen LogP contribution in [0.4, 0.5) is 0 Å². The zero-order valence-corrected chi connectivity index (χ0v) is 11.3. The molecule has 17 heavy (non-hydrogen) atoms. The summed E-state index contributed by atoms with van der Waals surface area (Å²) in [5.74, 6) is 0. The highest BCUT2D eigenvalue weighted by atomic mass is 35.5. The molecule has 0 spiro atoms. The minimum absolute atomic E-state index is 0.0918. The fourth-order valence-electron chi connectivity index (χ4n) is 2.21. The van der Waals surface area contributed by atoms with Crippen LogP contribution >= 0.6 is 11.6 Å². The van der Waals surface area contributed by atoms with Gasteiger partial charge in [-0.05, 0) is 43.4 Å². The summed E-state index contributed by atoms with van der Waals surface area (Å²) in [7, 11) is 1.81. The Morgan fingerprint density at radius 3 is 2.71 bits per heavy atom. The number of benzene rings is 1. The predicted molar refractivity (Wildman–Crippen MR) is 71.5 cm³/mol. The number of aryl methyl sites for hydroxylation is 1. The van der Waals surface area contributed by atoms with E-state index in [-0.39, 0.29) is 5.60 Å². The minimum Gasteiger partial charge on any atom is -0.377 e. The molecule has 2 nitrogen and oxygen atoms in total. The molecular formula is C14H20ClNO. The van der Waals surface area contributed by atoms with E-state index in [0.29, 0.717) is 0 Å². The Morgan fingerprint density at radius 2 is 2.18 bits per heavy atom. The van der Waals surface area contributed by atoms with Crippen molar-refractivity contribution in [3.8, 4) is 0 Å². The first kappa shape index (κ1) is 12.9. The quantitative estimate of drug-likeness (QED) is 0.869. The van der Waals surface area contributed by atoms with E-state index in [4.69, 9.17) is 16.3 Å². The predicted octanol–water partition coefficient (Wildman–Crippen LogP) is 3.31. The minimum atomic E-state index is 0.0918. The first-order valence-corrected chi connectivity index (χ1v) is 6.54. The third kappa shape index (κ3) is 3.01. The number of methoxy groups -OCH3 is 1. The van der Waals surface area contributed by atoms with Gasteiger partial charge in [-0.1, -0.05) is 23.7 Å². The van der Waals surface area contributed by atoms with E-state index in [1.165, 1.54) is 24.8 Å². The summed E-state index contributed by atoms with van der Waals surface area (Å²) >= 11 is 6.10. The van der Waals surface area contributed by atoms with Gasteiger partial charge in [0.25, 0.3) is 0 Å². The van der Waals surface area contributed by atoms with Gasteiger partial charge in [0.2, 0.25) is 0 Å². The van der Waals surface area contributed by atoms with E-state index in [2.05, 4.69) is 17.4 Å². The Kier molecular flexibility index (Phi) is 4.08. The maximum absolute atomic E-state index is 6.10. The number of ether oxygens (including phenoxy) is 1. The SMILES string of the molecule is COC1(CNCc2ccc(C)c(Cl)c2)CCC1. The average molecular weight is 254 g/mol. The van der Waals surface area contributed by atoms with E-state index in [9.17, 15) is 0 Å². The van der Waals surface area contributed by atoms with Crippen LogP contribution in [0.25, 0.3) is 0 Å². The fraction of sp³-hybridized carbons (Fsp3) is 0.571. The van der Waals surface area contributed by atoms with Gasteiger partial charge in [0, 0.05) is 25.2 Å². The van der Waals surface area contributed by atoms with Crippen LogP contribution in [0, 0.1) is 6.92 Å². The van der Waals surface area contributed by atoms with Gasteiger partial charge in [0.05, 0.1) is 5.60 Å². The molecule has 1 aromatic rings. The monoisotopic (exact) mass is 253 g/mol. The lowest BCUT2D eigenvalue weighted by molar-refractivity contribution is -0.0695. The van der Waals surface area contributed by atoms with E-state index in [0.717, 1.165) is 23.7 Å². The second-order valence-corrected chi connectivity index (χ2v) is 5.33. The van der Waals surface area contributed by atoms with Crippen molar-refractivity contribution in [1.29, 1.82) is 0 Å². The van der Waals surface area contributed by atoms with Crippen molar-refractivity contribution in [3.63, 3.8) is 0 Å². The van der Waals surface area contributed by atoms with Gasteiger partial charge < -0.3 is 10.1 Å². The highest BCUT2D eigenvalue weighted by molar-refractivity contribution is 6.31. The van der Waals surface area contributed by atoms with E-state index in [1.807, 2.05) is 20.1 Å². The van der Waals surface area contributed by atoms with E-state index < -0.39 is 0 Å². The highest BCUT2D eigenvalue weighted by Crippen LogP contribution is 2.34. The molecule has 0 bridgehead atoms. The van der Waals surface area contributed by atoms with Gasteiger partial charge in [-0.2, -0.15) is 0 Å². The summed E-state index contributed by atoms with van der Waals surface area (Å²) < 4.78 is 5.57. The number of halogens is 1. The van der Waals surface area contributed by atoms with Crippen molar-refractivity contribution >= 4 is 11.6 Å². The molecule has 1 fully saturated rings. The Balaban J connectivity index is 1.83. The molecular weight excluding hydrogens is 234 g/mol. The lowest BCUT2D eigenvalue weighted by Gasteiger charge is -2.40. The second-order valence-electron chi connectivity index (χ2n) is 4.93. The van der Waals surface area contributed by atoms with Crippen LogP contribution in [0.1, 0.15) is 30.4 Å². The summed E-state index contributed by atoms with van der Waals surface area (Å²) in [5.41, 5.74) is 2.45. The van der Waals surface area contributed by atoms with Crippen molar-refractivity contribution in [2.45, 2.75) is 38.3 Å². The van der Waals surface area contributed by atoms with Gasteiger partial charge in [-0.3, -0.25) is 0 Å². The number of nitrogens with one attached hydrogen (secondary N) is 1. The molecule has 1 N–H and O–H groups in total. The Hall–Kier alpha value is -0.570. The summed E-state index contributed by atoms with van der Waals surface area (Å²) in [6.45, 7) is 3.80. The van der Waals surface area contributed by atoms with Crippen molar-refractivity contribution in [3.05, 3.63) is 34.3 Å². The summed E-state index contributed by atoms with van der Waals surface area (Å²) in [4.78, 5) is 0. The molecule has 1 aromatic carbocycles. The van der Waals surface area contributed by atoms with E-state index >= 15 is 0 Å². The van der Waals surface area contributed by atoms with Crippen molar-refractivity contribution in [1.82, 2.24) is 5.32 Å². The normalized spacial score (nSPS) is 17.8. The molecule has 1 aliphatic rings. The van der Waals surface area contributed by atoms with Gasteiger partial charge in [0.15, 0.2) is 0 Å². The number of rotatable bonds is 5. The highest BCUT2D eigenvalue weighted by Gasteiger charge is 2.36.